The van der Waals surface area contributed by atoms with E-state index in [2.05, 4.69) is 5.32 Å². The quantitative estimate of drug-likeness (QED) is 0.756. The molecule has 0 spiro atoms. The van der Waals surface area contributed by atoms with E-state index < -0.39 is 5.97 Å². The minimum Gasteiger partial charge on any atom is -0.481 e. The molecule has 0 radical (unpaired) electrons. The molecule has 1 aliphatic rings. The average Bonchev–Trinajstić information content (AvgIpc) is 2.72. The van der Waals surface area contributed by atoms with Gasteiger partial charge in [-0.05, 0) is 33.9 Å². The number of aliphatic carboxylic acids is 1. The zero-order chi connectivity index (χ0) is 13.7. The minimum atomic E-state index is -0.846. The molecule has 0 aromatic heterocycles. The lowest BCUT2D eigenvalue weighted by atomic mass is 10.1. The second-order valence-corrected chi connectivity index (χ2v) is 5.09. The van der Waals surface area contributed by atoms with Crippen molar-refractivity contribution in [2.75, 3.05) is 27.2 Å². The Bertz CT molecular complexity index is 307. The average molecular weight is 257 g/mol. The summed E-state index contributed by atoms with van der Waals surface area (Å²) >= 11 is 0. The molecular formula is C12H23N3O3. The van der Waals surface area contributed by atoms with Crippen LogP contribution in [0.15, 0.2) is 0 Å². The van der Waals surface area contributed by atoms with Gasteiger partial charge < -0.3 is 20.2 Å². The van der Waals surface area contributed by atoms with Crippen LogP contribution in [0.4, 0.5) is 4.79 Å². The number of rotatable bonds is 5. The van der Waals surface area contributed by atoms with Crippen LogP contribution in [-0.2, 0) is 4.79 Å². The van der Waals surface area contributed by atoms with Crippen molar-refractivity contribution in [2.45, 2.75) is 38.3 Å². The zero-order valence-corrected chi connectivity index (χ0v) is 11.3. The van der Waals surface area contributed by atoms with Crippen molar-refractivity contribution in [3.63, 3.8) is 0 Å². The van der Waals surface area contributed by atoms with Gasteiger partial charge in [-0.2, -0.15) is 0 Å². The van der Waals surface area contributed by atoms with E-state index in [1.807, 2.05) is 25.9 Å². The number of likely N-dealkylation sites (N-methyl/N-ethyl adjacent to an activating group) is 1. The Morgan fingerprint density at radius 3 is 2.72 bits per heavy atom. The van der Waals surface area contributed by atoms with Crippen LogP contribution in [0, 0.1) is 0 Å². The lowest BCUT2D eigenvalue weighted by Gasteiger charge is -2.26. The smallest absolute Gasteiger partial charge is 0.317 e. The summed E-state index contributed by atoms with van der Waals surface area (Å²) in [6.45, 7) is 3.25. The number of nitrogens with one attached hydrogen (secondary N) is 1. The molecule has 104 valence electrons. The van der Waals surface area contributed by atoms with Gasteiger partial charge in [0.2, 0.25) is 0 Å². The Labute approximate surface area is 108 Å². The molecule has 1 aliphatic heterocycles. The summed E-state index contributed by atoms with van der Waals surface area (Å²) in [6, 6.07) is -0.0425. The van der Waals surface area contributed by atoms with Gasteiger partial charge in [-0.3, -0.25) is 4.79 Å². The molecule has 0 aromatic carbocycles. The van der Waals surface area contributed by atoms with E-state index in [4.69, 9.17) is 5.11 Å². The maximum atomic E-state index is 12.0. The first-order chi connectivity index (χ1) is 8.41. The third kappa shape index (κ3) is 4.18. The van der Waals surface area contributed by atoms with Crippen LogP contribution in [0.2, 0.25) is 0 Å². The minimum absolute atomic E-state index is 0.0383. The first-order valence-electron chi connectivity index (χ1n) is 6.34. The predicted octanol–water partition coefficient (Wildman–Crippen LogP) is 0.585. The highest BCUT2D eigenvalue weighted by Gasteiger charge is 2.30. The Hall–Kier alpha value is -1.30. The Balaban J connectivity index is 2.43. The molecule has 18 heavy (non-hydrogen) atoms. The molecule has 1 heterocycles. The maximum Gasteiger partial charge on any atom is 0.317 e. The number of likely N-dealkylation sites (tertiary alicyclic amines) is 1. The van der Waals surface area contributed by atoms with Gasteiger partial charge in [0.25, 0.3) is 0 Å². The van der Waals surface area contributed by atoms with Crippen LogP contribution in [0.5, 0.6) is 0 Å². The Kier molecular flexibility index (Phi) is 5.40. The first kappa shape index (κ1) is 14.8. The summed E-state index contributed by atoms with van der Waals surface area (Å²) in [7, 11) is 3.92. The van der Waals surface area contributed by atoms with E-state index >= 15 is 0 Å². The third-order valence-corrected chi connectivity index (χ3v) is 3.48. The summed E-state index contributed by atoms with van der Waals surface area (Å²) < 4.78 is 0. The molecule has 0 saturated carbocycles. The summed E-state index contributed by atoms with van der Waals surface area (Å²) in [5.41, 5.74) is 0. The molecule has 2 N–H and O–H groups in total. The van der Waals surface area contributed by atoms with Crippen LogP contribution >= 0.6 is 0 Å². The molecule has 1 saturated heterocycles. The van der Waals surface area contributed by atoms with Gasteiger partial charge >= 0.3 is 12.0 Å². The standard InChI is InChI=1S/C12H23N3O3/c1-9(14(2)3)8-13-12(18)15-6-4-5-10(15)7-11(16)17/h9-10H,4-8H2,1-3H3,(H,13,18)(H,16,17). The molecule has 6 heteroatoms. The van der Waals surface area contributed by atoms with Crippen molar-refractivity contribution < 1.29 is 14.7 Å². The number of hydrogen-bond acceptors (Lipinski definition) is 3. The van der Waals surface area contributed by atoms with Crippen LogP contribution in [0.1, 0.15) is 26.2 Å². The predicted molar refractivity (Wildman–Crippen MR) is 68.5 cm³/mol. The monoisotopic (exact) mass is 257 g/mol. The summed E-state index contributed by atoms with van der Waals surface area (Å²) in [4.78, 5) is 26.4. The van der Waals surface area contributed by atoms with Crippen molar-refractivity contribution in [3.8, 4) is 0 Å². The highest BCUT2D eigenvalue weighted by Crippen LogP contribution is 2.19. The number of nitrogens with zero attached hydrogens (tertiary/aromatic N) is 2. The molecular weight excluding hydrogens is 234 g/mol. The van der Waals surface area contributed by atoms with E-state index in [-0.39, 0.29) is 24.5 Å². The molecule has 0 aliphatic carbocycles. The second-order valence-electron chi connectivity index (χ2n) is 5.09. The molecule has 1 rings (SSSR count). The number of urea groups is 1. The molecule has 2 atom stereocenters. The summed E-state index contributed by atoms with van der Waals surface area (Å²) in [5, 5.41) is 11.7. The number of hydrogen-bond donors (Lipinski definition) is 2. The molecule has 0 bridgehead atoms. The van der Waals surface area contributed by atoms with Crippen LogP contribution in [0.25, 0.3) is 0 Å². The fourth-order valence-corrected chi connectivity index (χ4v) is 2.04. The topological polar surface area (TPSA) is 72.9 Å². The van der Waals surface area contributed by atoms with Crippen molar-refractivity contribution in [1.29, 1.82) is 0 Å². The second kappa shape index (κ2) is 6.58. The number of carbonyl (C=O) groups excluding carboxylic acids is 1. The largest absolute Gasteiger partial charge is 0.481 e. The van der Waals surface area contributed by atoms with Crippen molar-refractivity contribution in [1.82, 2.24) is 15.1 Å². The lowest BCUT2D eigenvalue weighted by molar-refractivity contribution is -0.137. The number of carboxylic acids is 1. The van der Waals surface area contributed by atoms with Gasteiger partial charge in [-0.1, -0.05) is 0 Å². The van der Waals surface area contributed by atoms with Gasteiger partial charge in [0.15, 0.2) is 0 Å². The van der Waals surface area contributed by atoms with Gasteiger partial charge in [0.1, 0.15) is 0 Å². The Morgan fingerprint density at radius 2 is 2.17 bits per heavy atom. The number of carbonyl (C=O) groups is 2. The third-order valence-electron chi connectivity index (χ3n) is 3.48. The SMILES string of the molecule is CC(CNC(=O)N1CCCC1CC(=O)O)N(C)C. The van der Waals surface area contributed by atoms with E-state index in [0.29, 0.717) is 13.1 Å². The Morgan fingerprint density at radius 1 is 1.50 bits per heavy atom. The fraction of sp³-hybridized carbons (Fsp3) is 0.833. The molecule has 2 amide bonds. The van der Waals surface area contributed by atoms with Gasteiger partial charge in [-0.25, -0.2) is 4.79 Å². The number of carboxylic acid groups (broad SMARTS) is 1. The summed E-state index contributed by atoms with van der Waals surface area (Å²) in [6.07, 6.45) is 1.70. The maximum absolute atomic E-state index is 12.0. The van der Waals surface area contributed by atoms with Crippen molar-refractivity contribution in [3.05, 3.63) is 0 Å². The zero-order valence-electron chi connectivity index (χ0n) is 11.3. The van der Waals surface area contributed by atoms with Crippen molar-refractivity contribution in [2.24, 2.45) is 0 Å². The molecule has 1 fully saturated rings. The first-order valence-corrected chi connectivity index (χ1v) is 6.34. The van der Waals surface area contributed by atoms with Crippen LogP contribution in [0.3, 0.4) is 0 Å². The van der Waals surface area contributed by atoms with Gasteiger partial charge in [0.05, 0.1) is 6.42 Å². The highest BCUT2D eigenvalue weighted by molar-refractivity contribution is 5.76. The van der Waals surface area contributed by atoms with E-state index in [0.717, 1.165) is 12.8 Å². The van der Waals surface area contributed by atoms with E-state index in [1.165, 1.54) is 0 Å². The van der Waals surface area contributed by atoms with Crippen LogP contribution in [-0.4, -0.2) is 66.2 Å². The fourth-order valence-electron chi connectivity index (χ4n) is 2.04. The number of amides is 2. The molecule has 0 aromatic rings. The molecule has 6 nitrogen and oxygen atoms in total. The normalized spacial score (nSPS) is 21.1. The van der Waals surface area contributed by atoms with Crippen LogP contribution < -0.4 is 5.32 Å². The summed E-state index contributed by atoms with van der Waals surface area (Å²) in [5.74, 6) is -0.846. The van der Waals surface area contributed by atoms with Crippen molar-refractivity contribution >= 4 is 12.0 Å². The van der Waals surface area contributed by atoms with Gasteiger partial charge in [0, 0.05) is 25.2 Å². The molecule has 2 unspecified atom stereocenters. The van der Waals surface area contributed by atoms with E-state index in [9.17, 15) is 9.59 Å². The van der Waals surface area contributed by atoms with E-state index in [1.54, 1.807) is 4.90 Å². The lowest BCUT2D eigenvalue weighted by Crippen LogP contribution is -2.47. The van der Waals surface area contributed by atoms with Gasteiger partial charge in [-0.15, -0.1) is 0 Å². The highest BCUT2D eigenvalue weighted by atomic mass is 16.4.